The summed E-state index contributed by atoms with van der Waals surface area (Å²) in [7, 11) is 0. The Hall–Kier alpha value is -0.260. The number of unbranched alkanes of at least 4 members (excludes halogenated alkanes) is 2. The highest BCUT2D eigenvalue weighted by Gasteiger charge is 2.40. The van der Waals surface area contributed by atoms with Gasteiger partial charge in [0.05, 0.1) is 0 Å². The minimum Gasteiger partial charge on any atom is -0.0667 e. The third-order valence-corrected chi connectivity index (χ3v) is 3.82. The van der Waals surface area contributed by atoms with Gasteiger partial charge in [-0.25, -0.2) is 0 Å². The topological polar surface area (TPSA) is 0 Å². The molecule has 0 N–H and O–H groups in total. The summed E-state index contributed by atoms with van der Waals surface area (Å²) in [6.45, 7) is 4.60. The fourth-order valence-electron chi connectivity index (χ4n) is 2.65. The molecule has 2 rings (SSSR count). The molecule has 0 aromatic heterocycles. The van der Waals surface area contributed by atoms with Crippen molar-refractivity contribution in [3.63, 3.8) is 0 Å². The summed E-state index contributed by atoms with van der Waals surface area (Å²) in [5.41, 5.74) is 3.78. The van der Waals surface area contributed by atoms with E-state index in [4.69, 9.17) is 0 Å². The maximum atomic E-state index is 2.30. The molecule has 2 fully saturated rings. The highest BCUT2D eigenvalue weighted by Crippen LogP contribution is 2.55. The maximum Gasteiger partial charge on any atom is -0.0163 e. The molecular weight excluding hydrogens is 168 g/mol. The zero-order chi connectivity index (χ0) is 9.97. The summed E-state index contributed by atoms with van der Waals surface area (Å²) in [6, 6.07) is 0. The van der Waals surface area contributed by atoms with E-state index in [-0.39, 0.29) is 0 Å². The molecule has 0 aromatic carbocycles. The highest BCUT2D eigenvalue weighted by molar-refractivity contribution is 5.39. The lowest BCUT2D eigenvalue weighted by Crippen LogP contribution is -1.77. The van der Waals surface area contributed by atoms with Crippen LogP contribution < -0.4 is 0 Å². The van der Waals surface area contributed by atoms with Crippen molar-refractivity contribution in [3.8, 4) is 0 Å². The van der Waals surface area contributed by atoms with Gasteiger partial charge in [0.15, 0.2) is 0 Å². The van der Waals surface area contributed by atoms with E-state index in [1.807, 2.05) is 11.1 Å². The lowest BCUT2D eigenvalue weighted by Gasteiger charge is -1.92. The quantitative estimate of drug-likeness (QED) is 0.535. The zero-order valence-electron chi connectivity index (χ0n) is 9.81. The standard InChI is InChI=1S/C14H24/c1-3-5-7-11-9-13(11)14-10-12(14)8-6-4-2/h11-12H,3-10H2,1-2H3/b14-13-. The molecule has 2 saturated carbocycles. The van der Waals surface area contributed by atoms with E-state index >= 15 is 0 Å². The molecule has 0 heterocycles. The molecule has 0 nitrogen and oxygen atoms in total. The summed E-state index contributed by atoms with van der Waals surface area (Å²) >= 11 is 0. The van der Waals surface area contributed by atoms with Crippen LogP contribution >= 0.6 is 0 Å². The van der Waals surface area contributed by atoms with Crippen LogP contribution in [0.1, 0.15) is 65.2 Å². The first kappa shape index (κ1) is 10.3. The largest absolute Gasteiger partial charge is 0.0667 e. The average Bonchev–Trinajstić information content (AvgIpc) is 3.05. The third kappa shape index (κ3) is 2.40. The van der Waals surface area contributed by atoms with Crippen LogP contribution in [0.15, 0.2) is 11.1 Å². The fraction of sp³-hybridized carbons (Fsp3) is 0.857. The van der Waals surface area contributed by atoms with Gasteiger partial charge in [0, 0.05) is 0 Å². The minimum atomic E-state index is 1.04. The Morgan fingerprint density at radius 3 is 1.64 bits per heavy atom. The van der Waals surface area contributed by atoms with Gasteiger partial charge >= 0.3 is 0 Å². The summed E-state index contributed by atoms with van der Waals surface area (Å²) in [5, 5.41) is 0. The Morgan fingerprint density at radius 1 is 0.857 bits per heavy atom. The van der Waals surface area contributed by atoms with Crippen molar-refractivity contribution < 1.29 is 0 Å². The van der Waals surface area contributed by atoms with Gasteiger partial charge < -0.3 is 0 Å². The van der Waals surface area contributed by atoms with Crippen LogP contribution in [-0.4, -0.2) is 0 Å². The second-order valence-corrected chi connectivity index (χ2v) is 5.14. The third-order valence-electron chi connectivity index (χ3n) is 3.82. The van der Waals surface area contributed by atoms with Gasteiger partial charge in [-0.15, -0.1) is 0 Å². The van der Waals surface area contributed by atoms with E-state index in [1.165, 1.54) is 51.4 Å². The predicted octanol–water partition coefficient (Wildman–Crippen LogP) is 4.70. The van der Waals surface area contributed by atoms with Crippen LogP contribution in [0.4, 0.5) is 0 Å². The molecule has 2 aliphatic carbocycles. The molecule has 0 heteroatoms. The first-order valence-electron chi connectivity index (χ1n) is 6.58. The van der Waals surface area contributed by atoms with Crippen molar-refractivity contribution in [3.05, 3.63) is 11.1 Å². The first-order valence-corrected chi connectivity index (χ1v) is 6.58. The number of hydrogen-bond donors (Lipinski definition) is 0. The molecule has 0 bridgehead atoms. The highest BCUT2D eigenvalue weighted by atomic mass is 14.5. The van der Waals surface area contributed by atoms with Gasteiger partial charge in [0.1, 0.15) is 0 Å². The zero-order valence-corrected chi connectivity index (χ0v) is 9.81. The monoisotopic (exact) mass is 192 g/mol. The number of rotatable bonds is 6. The van der Waals surface area contributed by atoms with Crippen LogP contribution in [0.3, 0.4) is 0 Å². The van der Waals surface area contributed by atoms with Crippen LogP contribution in [0.25, 0.3) is 0 Å². The fourth-order valence-corrected chi connectivity index (χ4v) is 2.65. The van der Waals surface area contributed by atoms with Gasteiger partial charge in [-0.1, -0.05) is 50.7 Å². The van der Waals surface area contributed by atoms with Gasteiger partial charge in [0.2, 0.25) is 0 Å². The molecule has 2 atom stereocenters. The van der Waals surface area contributed by atoms with E-state index in [1.54, 1.807) is 0 Å². The Kier molecular flexibility index (Phi) is 3.30. The lowest BCUT2D eigenvalue weighted by molar-refractivity contribution is 0.662. The normalized spacial score (nSPS) is 34.7. The number of allylic oxidation sites excluding steroid dienone is 2. The van der Waals surface area contributed by atoms with Crippen molar-refractivity contribution in [2.75, 3.05) is 0 Å². The SMILES string of the molecule is CCCCC1C/C1=C1\CC1CCCC. The van der Waals surface area contributed by atoms with Crippen molar-refractivity contribution in [1.82, 2.24) is 0 Å². The van der Waals surface area contributed by atoms with E-state index in [2.05, 4.69) is 13.8 Å². The molecule has 0 radical (unpaired) electrons. The molecule has 0 amide bonds. The summed E-state index contributed by atoms with van der Waals surface area (Å²) in [4.78, 5) is 0. The Bertz CT molecular complexity index is 200. The molecule has 2 aliphatic rings. The molecular formula is C14H24. The second kappa shape index (κ2) is 4.51. The molecule has 0 aliphatic heterocycles. The van der Waals surface area contributed by atoms with E-state index in [9.17, 15) is 0 Å². The van der Waals surface area contributed by atoms with Crippen molar-refractivity contribution in [2.45, 2.75) is 65.2 Å². The summed E-state index contributed by atoms with van der Waals surface area (Å²) in [5.74, 6) is 2.08. The van der Waals surface area contributed by atoms with Crippen molar-refractivity contribution >= 4 is 0 Å². The molecule has 2 unspecified atom stereocenters. The van der Waals surface area contributed by atoms with Crippen LogP contribution in [0.5, 0.6) is 0 Å². The smallest absolute Gasteiger partial charge is 0.0163 e. The average molecular weight is 192 g/mol. The van der Waals surface area contributed by atoms with Gasteiger partial charge in [-0.05, 0) is 37.5 Å². The first-order chi connectivity index (χ1) is 6.86. The molecule has 0 saturated heterocycles. The Morgan fingerprint density at radius 2 is 1.29 bits per heavy atom. The van der Waals surface area contributed by atoms with Crippen LogP contribution in [-0.2, 0) is 0 Å². The molecule has 0 spiro atoms. The Labute approximate surface area is 88.8 Å². The second-order valence-electron chi connectivity index (χ2n) is 5.14. The van der Waals surface area contributed by atoms with Crippen LogP contribution in [0, 0.1) is 11.8 Å². The summed E-state index contributed by atoms with van der Waals surface area (Å²) < 4.78 is 0. The van der Waals surface area contributed by atoms with Crippen LogP contribution in [0.2, 0.25) is 0 Å². The predicted molar refractivity (Wildman–Crippen MR) is 62.3 cm³/mol. The summed E-state index contributed by atoms with van der Waals surface area (Å²) in [6.07, 6.45) is 11.5. The lowest BCUT2D eigenvalue weighted by atomic mass is 10.1. The molecule has 0 aromatic rings. The van der Waals surface area contributed by atoms with Crippen molar-refractivity contribution in [2.24, 2.45) is 11.8 Å². The number of hydrogen-bond acceptors (Lipinski definition) is 0. The van der Waals surface area contributed by atoms with Gasteiger partial charge in [-0.2, -0.15) is 0 Å². The maximum absolute atomic E-state index is 2.30. The molecule has 80 valence electrons. The van der Waals surface area contributed by atoms with E-state index in [0.717, 1.165) is 11.8 Å². The van der Waals surface area contributed by atoms with Gasteiger partial charge in [-0.3, -0.25) is 0 Å². The van der Waals surface area contributed by atoms with Gasteiger partial charge in [0.25, 0.3) is 0 Å². The van der Waals surface area contributed by atoms with Crippen molar-refractivity contribution in [1.29, 1.82) is 0 Å². The van der Waals surface area contributed by atoms with E-state index in [0.29, 0.717) is 0 Å². The Balaban J connectivity index is 1.69. The molecule has 14 heavy (non-hydrogen) atoms. The minimum absolute atomic E-state index is 1.04. The van der Waals surface area contributed by atoms with E-state index < -0.39 is 0 Å².